The molecule has 1 atom stereocenters. The zero-order valence-electron chi connectivity index (χ0n) is 10.2. The predicted molar refractivity (Wildman–Crippen MR) is 62.1 cm³/mol. The molecule has 1 aliphatic heterocycles. The van der Waals surface area contributed by atoms with E-state index >= 15 is 0 Å². The van der Waals surface area contributed by atoms with Crippen LogP contribution in [0.2, 0.25) is 0 Å². The third-order valence-corrected chi connectivity index (χ3v) is 3.11. The first kappa shape index (κ1) is 12.5. The number of carboxylic acids is 1. The Labute approximate surface area is 104 Å². The van der Waals surface area contributed by atoms with Crippen LogP contribution in [-0.2, 0) is 11.2 Å². The zero-order valence-corrected chi connectivity index (χ0v) is 10.2. The fourth-order valence-corrected chi connectivity index (χ4v) is 2.19. The molecular formula is C11H16N4O3. The summed E-state index contributed by atoms with van der Waals surface area (Å²) in [6.45, 7) is 2.49. The van der Waals surface area contributed by atoms with Gasteiger partial charge in [-0.1, -0.05) is 6.92 Å². The Morgan fingerprint density at radius 2 is 2.33 bits per heavy atom. The molecule has 7 nitrogen and oxygen atoms in total. The van der Waals surface area contributed by atoms with Crippen LogP contribution in [0.1, 0.15) is 42.6 Å². The van der Waals surface area contributed by atoms with Gasteiger partial charge in [0.25, 0.3) is 5.91 Å². The van der Waals surface area contributed by atoms with Gasteiger partial charge in [-0.3, -0.25) is 14.7 Å². The lowest BCUT2D eigenvalue weighted by Gasteiger charge is -2.21. The molecule has 1 aromatic rings. The minimum atomic E-state index is -0.885. The van der Waals surface area contributed by atoms with Gasteiger partial charge in [-0.05, 0) is 12.8 Å². The van der Waals surface area contributed by atoms with Crippen LogP contribution in [0.4, 0.5) is 0 Å². The fraction of sp³-hybridized carbons (Fsp3) is 0.636. The monoisotopic (exact) mass is 252 g/mol. The van der Waals surface area contributed by atoms with Crippen molar-refractivity contribution in [3.05, 3.63) is 11.6 Å². The van der Waals surface area contributed by atoms with Crippen molar-refractivity contribution in [2.45, 2.75) is 38.6 Å². The van der Waals surface area contributed by atoms with Gasteiger partial charge >= 0.3 is 5.97 Å². The van der Waals surface area contributed by atoms with Crippen LogP contribution in [0.25, 0.3) is 0 Å². The van der Waals surface area contributed by atoms with Crippen molar-refractivity contribution in [2.24, 2.45) is 0 Å². The Kier molecular flexibility index (Phi) is 3.59. The second kappa shape index (κ2) is 5.16. The molecule has 0 radical (unpaired) electrons. The molecule has 0 spiro atoms. The maximum Gasteiger partial charge on any atom is 0.305 e. The van der Waals surface area contributed by atoms with Gasteiger partial charge in [0.15, 0.2) is 0 Å². The van der Waals surface area contributed by atoms with Gasteiger partial charge in [0.2, 0.25) is 5.82 Å². The largest absolute Gasteiger partial charge is 0.481 e. The second-order valence-corrected chi connectivity index (χ2v) is 4.35. The maximum atomic E-state index is 12.2. The van der Waals surface area contributed by atoms with Crippen LogP contribution in [0.5, 0.6) is 0 Å². The highest BCUT2D eigenvalue weighted by molar-refractivity contribution is 5.91. The van der Waals surface area contributed by atoms with Crippen LogP contribution in [-0.4, -0.2) is 49.7 Å². The average molecular weight is 252 g/mol. The standard InChI is InChI=1S/C11H16N4O3/c1-2-8-12-10(14-13-8)11(18)15-5-3-4-7(15)6-9(16)17/h7H,2-6H2,1H3,(H,16,17)(H,12,13,14). The second-order valence-electron chi connectivity index (χ2n) is 4.35. The van der Waals surface area contributed by atoms with Gasteiger partial charge in [-0.25, -0.2) is 4.98 Å². The Morgan fingerprint density at radius 3 is 2.94 bits per heavy atom. The lowest BCUT2D eigenvalue weighted by Crippen LogP contribution is -2.37. The summed E-state index contributed by atoms with van der Waals surface area (Å²) in [5, 5.41) is 15.4. The number of nitrogens with one attached hydrogen (secondary N) is 1. The molecule has 1 fully saturated rings. The first-order valence-electron chi connectivity index (χ1n) is 6.06. The van der Waals surface area contributed by atoms with E-state index in [9.17, 15) is 9.59 Å². The molecule has 2 heterocycles. The van der Waals surface area contributed by atoms with Crippen molar-refractivity contribution >= 4 is 11.9 Å². The number of carboxylic acid groups (broad SMARTS) is 1. The lowest BCUT2D eigenvalue weighted by atomic mass is 10.1. The lowest BCUT2D eigenvalue weighted by molar-refractivity contribution is -0.137. The Bertz CT molecular complexity index is 457. The smallest absolute Gasteiger partial charge is 0.305 e. The SMILES string of the molecule is CCc1nc(C(=O)N2CCCC2CC(=O)O)n[nH]1. The van der Waals surface area contributed by atoms with E-state index in [-0.39, 0.29) is 24.2 Å². The van der Waals surface area contributed by atoms with Crippen molar-refractivity contribution in [2.75, 3.05) is 6.54 Å². The number of carbonyl (C=O) groups excluding carboxylic acids is 1. The van der Waals surface area contributed by atoms with E-state index < -0.39 is 5.97 Å². The summed E-state index contributed by atoms with van der Waals surface area (Å²) in [6, 6.07) is -0.237. The van der Waals surface area contributed by atoms with E-state index in [0.29, 0.717) is 18.8 Å². The first-order chi connectivity index (χ1) is 8.61. The number of nitrogens with zero attached hydrogens (tertiary/aromatic N) is 3. The number of rotatable bonds is 4. The highest BCUT2D eigenvalue weighted by atomic mass is 16.4. The van der Waals surface area contributed by atoms with E-state index in [1.54, 1.807) is 4.90 Å². The van der Waals surface area contributed by atoms with Crippen LogP contribution >= 0.6 is 0 Å². The molecule has 7 heteroatoms. The highest BCUT2D eigenvalue weighted by Crippen LogP contribution is 2.21. The molecule has 0 saturated carbocycles. The molecule has 1 aromatic heterocycles. The molecule has 2 N–H and O–H groups in total. The summed E-state index contributed by atoms with van der Waals surface area (Å²) in [7, 11) is 0. The molecule has 1 amide bonds. The van der Waals surface area contributed by atoms with E-state index in [2.05, 4.69) is 15.2 Å². The van der Waals surface area contributed by atoms with Crippen molar-refractivity contribution in [1.82, 2.24) is 20.1 Å². The quantitative estimate of drug-likeness (QED) is 0.810. The third-order valence-electron chi connectivity index (χ3n) is 3.11. The van der Waals surface area contributed by atoms with Gasteiger partial charge in [-0.15, -0.1) is 5.10 Å². The maximum absolute atomic E-state index is 12.2. The molecule has 98 valence electrons. The number of amides is 1. The number of carbonyl (C=O) groups is 2. The van der Waals surface area contributed by atoms with Crippen LogP contribution in [0.3, 0.4) is 0 Å². The number of aromatic nitrogens is 3. The van der Waals surface area contributed by atoms with Crippen molar-refractivity contribution in [3.63, 3.8) is 0 Å². The molecule has 2 rings (SSSR count). The minimum Gasteiger partial charge on any atom is -0.481 e. The topological polar surface area (TPSA) is 99.2 Å². The number of H-pyrrole nitrogens is 1. The van der Waals surface area contributed by atoms with Gasteiger partial charge in [-0.2, -0.15) is 0 Å². The molecule has 1 unspecified atom stereocenters. The molecular weight excluding hydrogens is 236 g/mol. The molecule has 18 heavy (non-hydrogen) atoms. The average Bonchev–Trinajstić information content (AvgIpc) is 2.95. The van der Waals surface area contributed by atoms with Gasteiger partial charge in [0.05, 0.1) is 6.42 Å². The number of aromatic amines is 1. The summed E-state index contributed by atoms with van der Waals surface area (Å²) < 4.78 is 0. The minimum absolute atomic E-state index is 0.0171. The number of aliphatic carboxylic acids is 1. The summed E-state index contributed by atoms with van der Waals surface area (Å²) in [5.41, 5.74) is 0. The van der Waals surface area contributed by atoms with Crippen LogP contribution in [0.15, 0.2) is 0 Å². The van der Waals surface area contributed by atoms with Crippen molar-refractivity contribution in [3.8, 4) is 0 Å². The van der Waals surface area contributed by atoms with Crippen molar-refractivity contribution < 1.29 is 14.7 Å². The molecule has 0 aromatic carbocycles. The normalized spacial score (nSPS) is 19.2. The number of hydrogen-bond donors (Lipinski definition) is 2. The summed E-state index contributed by atoms with van der Waals surface area (Å²) in [6.07, 6.45) is 2.22. The number of hydrogen-bond acceptors (Lipinski definition) is 4. The molecule has 1 saturated heterocycles. The molecule has 0 bridgehead atoms. The van der Waals surface area contributed by atoms with Gasteiger partial charge < -0.3 is 10.0 Å². The van der Waals surface area contributed by atoms with E-state index in [0.717, 1.165) is 12.8 Å². The first-order valence-corrected chi connectivity index (χ1v) is 6.06. The Morgan fingerprint density at radius 1 is 1.56 bits per heavy atom. The third kappa shape index (κ3) is 2.49. The van der Waals surface area contributed by atoms with E-state index in [1.807, 2.05) is 6.92 Å². The zero-order chi connectivity index (χ0) is 13.1. The van der Waals surface area contributed by atoms with Gasteiger partial charge in [0, 0.05) is 19.0 Å². The van der Waals surface area contributed by atoms with Gasteiger partial charge in [0.1, 0.15) is 5.82 Å². The summed E-state index contributed by atoms with van der Waals surface area (Å²) >= 11 is 0. The molecule has 0 aliphatic carbocycles. The van der Waals surface area contributed by atoms with Crippen molar-refractivity contribution in [1.29, 1.82) is 0 Å². The molecule has 1 aliphatic rings. The van der Waals surface area contributed by atoms with Crippen LogP contribution in [0, 0.1) is 0 Å². The predicted octanol–water partition coefficient (Wildman–Crippen LogP) is 0.446. The fourth-order valence-electron chi connectivity index (χ4n) is 2.19. The van der Waals surface area contributed by atoms with E-state index in [1.165, 1.54) is 0 Å². The van der Waals surface area contributed by atoms with E-state index in [4.69, 9.17) is 5.11 Å². The summed E-state index contributed by atoms with van der Waals surface area (Å²) in [4.78, 5) is 28.5. The summed E-state index contributed by atoms with van der Waals surface area (Å²) in [5.74, 6) is -0.380. The number of aryl methyl sites for hydroxylation is 1. The number of likely N-dealkylation sites (tertiary alicyclic amines) is 1. The highest BCUT2D eigenvalue weighted by Gasteiger charge is 2.32. The Hall–Kier alpha value is -1.92. The van der Waals surface area contributed by atoms with Crippen LogP contribution < -0.4 is 0 Å². The Balaban J connectivity index is 2.09.